The van der Waals surface area contributed by atoms with Crippen LogP contribution in [0.1, 0.15) is 87.7 Å². The summed E-state index contributed by atoms with van der Waals surface area (Å²) in [6.45, 7) is 14.0. The predicted octanol–water partition coefficient (Wildman–Crippen LogP) is 4.40. The fourth-order valence-corrected chi connectivity index (χ4v) is 8.05. The molecule has 1 saturated heterocycles. The van der Waals surface area contributed by atoms with E-state index in [-0.39, 0.29) is 73.9 Å². The number of likely N-dealkylation sites (tertiary alicyclic amines) is 1. The Kier molecular flexibility index (Phi) is 11.3. The van der Waals surface area contributed by atoms with Gasteiger partial charge in [0.2, 0.25) is 23.7 Å². The van der Waals surface area contributed by atoms with E-state index in [2.05, 4.69) is 20.8 Å². The van der Waals surface area contributed by atoms with Crippen molar-refractivity contribution in [2.45, 2.75) is 80.2 Å². The van der Waals surface area contributed by atoms with Crippen LogP contribution in [0.15, 0.2) is 48.6 Å². The average Bonchev–Trinajstić information content (AvgIpc) is 3.99. The van der Waals surface area contributed by atoms with Crippen molar-refractivity contribution in [3.8, 4) is 11.5 Å². The van der Waals surface area contributed by atoms with Crippen LogP contribution < -0.4 is 31.6 Å². The van der Waals surface area contributed by atoms with Crippen molar-refractivity contribution in [3.63, 3.8) is 0 Å². The van der Waals surface area contributed by atoms with Crippen molar-refractivity contribution in [1.82, 2.24) is 43.6 Å². The average molecular weight is 890 g/mol. The Hall–Kier alpha value is -7.71. The minimum absolute atomic E-state index is 0.0506. The molecule has 340 valence electrons. The van der Waals surface area contributed by atoms with Crippen molar-refractivity contribution in [2.75, 3.05) is 36.9 Å². The van der Waals surface area contributed by atoms with Gasteiger partial charge in [0.1, 0.15) is 52.7 Å². The van der Waals surface area contributed by atoms with Gasteiger partial charge in [-0.3, -0.25) is 39.2 Å². The van der Waals surface area contributed by atoms with Crippen LogP contribution >= 0.6 is 0 Å². The third-order valence-corrected chi connectivity index (χ3v) is 11.0. The zero-order valence-electron chi connectivity index (χ0n) is 37.2. The summed E-state index contributed by atoms with van der Waals surface area (Å²) >= 11 is 0. The molecule has 4 aromatic heterocycles. The number of imidazole rings is 2. The Morgan fingerprint density at radius 2 is 1.14 bits per heavy atom. The van der Waals surface area contributed by atoms with Crippen LogP contribution in [0.3, 0.4) is 0 Å². The van der Waals surface area contributed by atoms with Gasteiger partial charge in [-0.1, -0.05) is 12.2 Å². The second-order valence-electron chi connectivity index (χ2n) is 17.3. The van der Waals surface area contributed by atoms with Crippen LogP contribution in [-0.2, 0) is 30.9 Å². The number of aryl methyl sites for hydroxylation is 4. The molecule has 0 bridgehead atoms. The lowest BCUT2D eigenvalue weighted by Gasteiger charge is -2.49. The number of rotatable bonds is 8. The van der Waals surface area contributed by atoms with Gasteiger partial charge in [-0.15, -0.1) is 0 Å². The zero-order valence-corrected chi connectivity index (χ0v) is 37.2. The number of amides is 5. The largest absolute Gasteiger partial charge is 0.490 e. The van der Waals surface area contributed by atoms with E-state index in [4.69, 9.17) is 35.6 Å². The van der Waals surface area contributed by atoms with Gasteiger partial charge in [-0.25, -0.2) is 14.8 Å². The van der Waals surface area contributed by atoms with Gasteiger partial charge < -0.3 is 39.7 Å². The van der Waals surface area contributed by atoms with E-state index in [0.29, 0.717) is 57.9 Å². The Balaban J connectivity index is 1.27. The van der Waals surface area contributed by atoms with Crippen LogP contribution in [0.5, 0.6) is 11.5 Å². The van der Waals surface area contributed by atoms with E-state index in [1.54, 1.807) is 65.2 Å². The van der Waals surface area contributed by atoms with E-state index in [0.717, 1.165) is 0 Å². The van der Waals surface area contributed by atoms with Gasteiger partial charge in [-0.05, 0) is 84.9 Å². The van der Waals surface area contributed by atoms with E-state index < -0.39 is 40.7 Å². The quantitative estimate of drug-likeness (QED) is 0.155. The number of nitrogens with one attached hydrogen (secondary N) is 2. The lowest BCUT2D eigenvalue weighted by Crippen LogP contribution is -2.64. The second kappa shape index (κ2) is 16.8. The summed E-state index contributed by atoms with van der Waals surface area (Å²) < 4.78 is 25.6. The van der Waals surface area contributed by atoms with Gasteiger partial charge in [-0.2, -0.15) is 10.2 Å². The van der Waals surface area contributed by atoms with Gasteiger partial charge in [0, 0.05) is 50.4 Å². The van der Waals surface area contributed by atoms with Gasteiger partial charge >= 0.3 is 6.09 Å². The van der Waals surface area contributed by atoms with Crippen molar-refractivity contribution in [3.05, 3.63) is 82.5 Å². The summed E-state index contributed by atoms with van der Waals surface area (Å²) in [6, 6.07) is 9.44. The SMILES string of the molecule is CCn1nc(C)cc1C(=O)Nc1nc2cc(C(N)=O)cc3c2n1C/C=C/Cn1c(NC(=O)c2cc(C)nn2CC)nc2cc(C(N)=O)cc(c21)OCC1(CO3)CN(C(=O)OC(C)(C)C)C1. The molecular formula is C44H51N13O8. The lowest BCUT2D eigenvalue weighted by atomic mass is 9.81. The van der Waals surface area contributed by atoms with E-state index in [1.165, 1.54) is 29.2 Å². The topological polar surface area (TPSA) is 264 Å². The fourth-order valence-electron chi connectivity index (χ4n) is 8.05. The van der Waals surface area contributed by atoms with Crippen LogP contribution in [0.2, 0.25) is 0 Å². The number of hydrogen-bond acceptors (Lipinski definition) is 12. The molecule has 6 heterocycles. The van der Waals surface area contributed by atoms with Crippen molar-refractivity contribution < 1.29 is 38.2 Å². The molecule has 8 rings (SSSR count). The Labute approximate surface area is 372 Å². The number of nitrogens with zero attached hydrogens (tertiary/aromatic N) is 9. The van der Waals surface area contributed by atoms with Crippen LogP contribution in [-0.4, -0.2) is 105 Å². The minimum atomic E-state index is -0.893. The van der Waals surface area contributed by atoms with Gasteiger partial charge in [0.15, 0.2) is 0 Å². The maximum absolute atomic E-state index is 13.9. The third kappa shape index (κ3) is 8.68. The summed E-state index contributed by atoms with van der Waals surface area (Å²) in [5, 5.41) is 14.7. The molecular weight excluding hydrogens is 839 g/mol. The molecule has 6 N–H and O–H groups in total. The third-order valence-electron chi connectivity index (χ3n) is 11.0. The highest BCUT2D eigenvalue weighted by molar-refractivity contribution is 6.05. The molecule has 21 heteroatoms. The molecule has 0 unspecified atom stereocenters. The number of nitrogens with two attached hydrogens (primary N) is 2. The Morgan fingerprint density at radius 1 is 0.708 bits per heavy atom. The predicted molar refractivity (Wildman–Crippen MR) is 238 cm³/mol. The Bertz CT molecular complexity index is 2770. The summed E-state index contributed by atoms with van der Waals surface area (Å²) in [7, 11) is 0. The van der Waals surface area contributed by atoms with Crippen molar-refractivity contribution in [2.24, 2.45) is 16.9 Å². The highest BCUT2D eigenvalue weighted by Gasteiger charge is 2.48. The molecule has 0 saturated carbocycles. The number of allylic oxidation sites excluding steroid dienone is 2. The number of anilines is 2. The first-order chi connectivity index (χ1) is 30.9. The van der Waals surface area contributed by atoms with Crippen LogP contribution in [0.25, 0.3) is 22.1 Å². The Morgan fingerprint density at radius 3 is 1.52 bits per heavy atom. The van der Waals surface area contributed by atoms with Crippen molar-refractivity contribution in [1.29, 1.82) is 0 Å². The fraction of sp³-hybridized carbons (Fsp3) is 0.386. The monoisotopic (exact) mass is 889 g/mol. The molecule has 6 aromatic rings. The van der Waals surface area contributed by atoms with Crippen LogP contribution in [0, 0.1) is 19.3 Å². The molecule has 0 atom stereocenters. The molecule has 5 amide bonds. The number of benzene rings is 2. The highest BCUT2D eigenvalue weighted by Crippen LogP contribution is 2.39. The number of ether oxygens (including phenoxy) is 3. The van der Waals surface area contributed by atoms with E-state index in [9.17, 15) is 24.0 Å². The molecule has 0 radical (unpaired) electrons. The lowest BCUT2D eigenvalue weighted by molar-refractivity contribution is -0.0692. The number of carbonyl (C=O) groups excluding carboxylic acids is 5. The molecule has 65 heavy (non-hydrogen) atoms. The summed E-state index contributed by atoms with van der Waals surface area (Å²) in [4.78, 5) is 77.6. The molecule has 2 aliphatic heterocycles. The molecule has 2 aliphatic rings. The molecule has 1 fully saturated rings. The summed E-state index contributed by atoms with van der Waals surface area (Å²) in [6.07, 6.45) is 3.14. The first kappa shape index (κ1) is 43.9. The molecule has 0 aliphatic carbocycles. The smallest absolute Gasteiger partial charge is 0.410 e. The normalized spacial score (nSPS) is 15.3. The highest BCUT2D eigenvalue weighted by atomic mass is 16.6. The standard InChI is InChI=1S/C44H51N13O8/c1-8-56-30(14-24(3)51-56)38(60)49-40-47-28-16-26(36(45)58)18-32-34(28)54(40)12-10-11-13-55-35-29(48-41(55)50-39(61)31-15-25(4)52-57(31)9-2)17-27(37(46)59)19-33(35)64-23-44(22-63-32)20-53(21-44)42(62)65-43(5,6)7/h10-11,14-19H,8-9,12-13,20-23H2,1-7H3,(H2,45,58)(H2,46,59)(H,47,49,60)(H,48,50,61)/b11-10+. The molecule has 2 aromatic carbocycles. The van der Waals surface area contributed by atoms with Gasteiger partial charge in [0.05, 0.1) is 27.8 Å². The zero-order chi connectivity index (χ0) is 46.5. The first-order valence-electron chi connectivity index (χ1n) is 21.1. The van der Waals surface area contributed by atoms with Crippen molar-refractivity contribution >= 4 is 63.7 Å². The van der Waals surface area contributed by atoms with E-state index in [1.807, 2.05) is 26.0 Å². The maximum Gasteiger partial charge on any atom is 0.410 e. The van der Waals surface area contributed by atoms with Gasteiger partial charge in [0.25, 0.3) is 11.8 Å². The summed E-state index contributed by atoms with van der Waals surface area (Å²) in [5.74, 6) is -1.61. The number of hydrogen-bond donors (Lipinski definition) is 4. The van der Waals surface area contributed by atoms with E-state index >= 15 is 0 Å². The number of aromatic nitrogens is 8. The number of carbonyl (C=O) groups is 5. The maximum atomic E-state index is 13.9. The second-order valence-corrected chi connectivity index (χ2v) is 17.3. The number of primary amides is 2. The molecule has 1 spiro atoms. The van der Waals surface area contributed by atoms with Crippen LogP contribution in [0.4, 0.5) is 16.7 Å². The first-order valence-corrected chi connectivity index (χ1v) is 21.1. The molecule has 21 nitrogen and oxygen atoms in total. The summed E-state index contributed by atoms with van der Waals surface area (Å²) in [5.41, 5.74) is 13.7. The minimum Gasteiger partial charge on any atom is -0.490 e.